The highest BCUT2D eigenvalue weighted by Crippen LogP contribution is 2.37. The highest BCUT2D eigenvalue weighted by Gasteiger charge is 2.32. The number of carbonyl (C=O) groups is 1. The molecule has 3 aromatic rings. The van der Waals surface area contributed by atoms with Crippen molar-refractivity contribution in [3.63, 3.8) is 0 Å². The molecule has 1 saturated carbocycles. The predicted molar refractivity (Wildman–Crippen MR) is 97.2 cm³/mol. The van der Waals surface area contributed by atoms with Gasteiger partial charge in [-0.3, -0.25) is 9.20 Å². The third kappa shape index (κ3) is 2.64. The summed E-state index contributed by atoms with van der Waals surface area (Å²) in [4.78, 5) is 23.5. The van der Waals surface area contributed by atoms with Crippen molar-refractivity contribution in [2.45, 2.75) is 37.0 Å². The number of nitrogens with zero attached hydrogens (tertiary/aromatic N) is 5. The zero-order valence-corrected chi connectivity index (χ0v) is 15.7. The molecule has 0 atom stereocenters. The molecule has 5 rings (SSSR count). The van der Waals surface area contributed by atoms with Gasteiger partial charge in [0.15, 0.2) is 5.69 Å². The van der Waals surface area contributed by atoms with Crippen LogP contribution in [0, 0.1) is 0 Å². The monoisotopic (exact) mass is 385 g/mol. The number of carbonyl (C=O) groups excluding carboxylic acids is 1. The van der Waals surface area contributed by atoms with Gasteiger partial charge in [-0.2, -0.15) is 0 Å². The van der Waals surface area contributed by atoms with Crippen molar-refractivity contribution in [3.8, 4) is 0 Å². The molecular formula is C18H19N5O3S. The van der Waals surface area contributed by atoms with E-state index in [2.05, 4.69) is 14.5 Å². The first-order chi connectivity index (χ1) is 12.9. The average molecular weight is 385 g/mol. The minimum atomic E-state index is -3.56. The Morgan fingerprint density at radius 2 is 2.07 bits per heavy atom. The van der Waals surface area contributed by atoms with Crippen molar-refractivity contribution >= 4 is 21.3 Å². The van der Waals surface area contributed by atoms with E-state index in [9.17, 15) is 13.2 Å². The summed E-state index contributed by atoms with van der Waals surface area (Å²) in [6, 6.07) is 5.77. The van der Waals surface area contributed by atoms with E-state index in [0.717, 1.165) is 18.4 Å². The molecule has 27 heavy (non-hydrogen) atoms. The standard InChI is InChI=1S/C18H19N5O3S/c1-27(25,26)18-20-16(15-4-2-3-8-22(15)18)17(24)21-9-7-14-13(10-21)19-11-23(14)12-5-6-12/h2-4,8,11-12H,5-7,9-10H2,1H3. The maximum Gasteiger partial charge on any atom is 0.275 e. The third-order valence-corrected chi connectivity index (χ3v) is 6.17. The summed E-state index contributed by atoms with van der Waals surface area (Å²) in [7, 11) is -3.56. The van der Waals surface area contributed by atoms with Gasteiger partial charge in [-0.15, -0.1) is 0 Å². The molecule has 140 valence electrons. The molecule has 8 nitrogen and oxygen atoms in total. The number of imidazole rings is 2. The van der Waals surface area contributed by atoms with E-state index in [1.807, 2.05) is 6.33 Å². The van der Waals surface area contributed by atoms with E-state index in [-0.39, 0.29) is 16.8 Å². The lowest BCUT2D eigenvalue weighted by molar-refractivity contribution is 0.0727. The Labute approximate surface area is 156 Å². The van der Waals surface area contributed by atoms with E-state index < -0.39 is 9.84 Å². The normalized spacial score (nSPS) is 17.3. The Bertz CT molecular complexity index is 1170. The molecule has 0 unspecified atom stereocenters. The van der Waals surface area contributed by atoms with Crippen molar-refractivity contribution in [2.24, 2.45) is 0 Å². The van der Waals surface area contributed by atoms with Gasteiger partial charge in [0, 0.05) is 37.2 Å². The molecule has 2 aliphatic rings. The Kier molecular flexibility index (Phi) is 3.45. The van der Waals surface area contributed by atoms with Gasteiger partial charge in [-0.05, 0) is 25.0 Å². The van der Waals surface area contributed by atoms with E-state index >= 15 is 0 Å². The van der Waals surface area contributed by atoms with Crippen LogP contribution >= 0.6 is 0 Å². The second-order valence-corrected chi connectivity index (χ2v) is 9.13. The van der Waals surface area contributed by atoms with Crippen LogP contribution in [-0.4, -0.2) is 51.0 Å². The maximum absolute atomic E-state index is 13.1. The van der Waals surface area contributed by atoms with E-state index in [1.165, 1.54) is 22.9 Å². The zero-order chi connectivity index (χ0) is 18.8. The van der Waals surface area contributed by atoms with Gasteiger partial charge in [-0.1, -0.05) is 6.07 Å². The van der Waals surface area contributed by atoms with Gasteiger partial charge in [0.2, 0.25) is 15.0 Å². The molecule has 1 aliphatic heterocycles. The molecular weight excluding hydrogens is 366 g/mol. The number of amides is 1. The fourth-order valence-electron chi connectivity index (χ4n) is 3.75. The van der Waals surface area contributed by atoms with Crippen molar-refractivity contribution < 1.29 is 13.2 Å². The Balaban J connectivity index is 1.51. The van der Waals surface area contributed by atoms with Gasteiger partial charge in [0.1, 0.15) is 0 Å². The molecule has 3 aromatic heterocycles. The molecule has 0 aromatic carbocycles. The SMILES string of the molecule is CS(=O)(=O)c1nc(C(=O)N2CCc3c(ncn3C3CC3)C2)c2ccccn12. The minimum absolute atomic E-state index is 0.114. The lowest BCUT2D eigenvalue weighted by Crippen LogP contribution is -2.36. The molecule has 1 aliphatic carbocycles. The number of sulfone groups is 1. The second kappa shape index (κ2) is 5.66. The fourth-order valence-corrected chi connectivity index (χ4v) is 4.52. The first kappa shape index (κ1) is 16.5. The van der Waals surface area contributed by atoms with Gasteiger partial charge < -0.3 is 9.47 Å². The molecule has 0 radical (unpaired) electrons. The van der Waals surface area contributed by atoms with Gasteiger partial charge >= 0.3 is 0 Å². The highest BCUT2D eigenvalue weighted by molar-refractivity contribution is 7.90. The fraction of sp³-hybridized carbons (Fsp3) is 0.389. The quantitative estimate of drug-likeness (QED) is 0.681. The van der Waals surface area contributed by atoms with Gasteiger partial charge in [0.25, 0.3) is 5.91 Å². The van der Waals surface area contributed by atoms with Crippen LogP contribution in [-0.2, 0) is 22.8 Å². The van der Waals surface area contributed by atoms with Crippen LogP contribution in [0.3, 0.4) is 0 Å². The molecule has 4 heterocycles. The molecule has 0 spiro atoms. The van der Waals surface area contributed by atoms with Gasteiger partial charge in [-0.25, -0.2) is 18.4 Å². The number of pyridine rings is 1. The second-order valence-electron chi connectivity index (χ2n) is 7.22. The maximum atomic E-state index is 13.1. The van der Waals surface area contributed by atoms with Crippen molar-refractivity contribution in [1.82, 2.24) is 23.8 Å². The summed E-state index contributed by atoms with van der Waals surface area (Å²) >= 11 is 0. The molecule has 1 amide bonds. The van der Waals surface area contributed by atoms with Gasteiger partial charge in [0.05, 0.1) is 24.1 Å². The minimum Gasteiger partial charge on any atom is -0.331 e. The van der Waals surface area contributed by atoms with E-state index in [4.69, 9.17) is 0 Å². The summed E-state index contributed by atoms with van der Waals surface area (Å²) in [5, 5.41) is -0.114. The summed E-state index contributed by atoms with van der Waals surface area (Å²) < 4.78 is 27.8. The van der Waals surface area contributed by atoms with E-state index in [0.29, 0.717) is 24.6 Å². The molecule has 1 fully saturated rings. The summed E-state index contributed by atoms with van der Waals surface area (Å²) in [5.74, 6) is -0.264. The van der Waals surface area contributed by atoms with Crippen LogP contribution in [0.25, 0.3) is 5.52 Å². The number of rotatable bonds is 3. The summed E-state index contributed by atoms with van der Waals surface area (Å²) in [5.41, 5.74) is 2.81. The van der Waals surface area contributed by atoms with Crippen LogP contribution in [0.15, 0.2) is 35.9 Å². The van der Waals surface area contributed by atoms with Crippen molar-refractivity contribution in [3.05, 3.63) is 47.8 Å². The summed E-state index contributed by atoms with van der Waals surface area (Å²) in [6.45, 7) is 0.998. The Morgan fingerprint density at radius 3 is 2.81 bits per heavy atom. The van der Waals surface area contributed by atoms with E-state index in [1.54, 1.807) is 29.3 Å². The molecule has 9 heteroatoms. The zero-order valence-electron chi connectivity index (χ0n) is 14.9. The smallest absolute Gasteiger partial charge is 0.275 e. The van der Waals surface area contributed by atoms with Crippen LogP contribution < -0.4 is 0 Å². The first-order valence-corrected chi connectivity index (χ1v) is 10.8. The topological polar surface area (TPSA) is 89.6 Å². The highest BCUT2D eigenvalue weighted by atomic mass is 32.2. The molecule has 0 bridgehead atoms. The molecule has 0 saturated heterocycles. The average Bonchev–Trinajstić information content (AvgIpc) is 3.27. The lowest BCUT2D eigenvalue weighted by Gasteiger charge is -2.26. The number of hydrogen-bond acceptors (Lipinski definition) is 5. The van der Waals surface area contributed by atoms with Crippen LogP contribution in [0.5, 0.6) is 0 Å². The largest absolute Gasteiger partial charge is 0.331 e. The first-order valence-electron chi connectivity index (χ1n) is 8.94. The summed E-state index contributed by atoms with van der Waals surface area (Å²) in [6.07, 6.45) is 7.73. The van der Waals surface area contributed by atoms with Crippen LogP contribution in [0.1, 0.15) is 40.8 Å². The molecule has 0 N–H and O–H groups in total. The number of hydrogen-bond donors (Lipinski definition) is 0. The predicted octanol–water partition coefficient (Wildman–Crippen LogP) is 1.47. The van der Waals surface area contributed by atoms with Crippen LogP contribution in [0.2, 0.25) is 0 Å². The Hall–Kier alpha value is -2.68. The van der Waals surface area contributed by atoms with Crippen molar-refractivity contribution in [2.75, 3.05) is 12.8 Å². The number of aromatic nitrogens is 4. The third-order valence-electron chi connectivity index (χ3n) is 5.22. The number of fused-ring (bicyclic) bond motifs is 2. The van der Waals surface area contributed by atoms with Crippen molar-refractivity contribution in [1.29, 1.82) is 0 Å². The lowest BCUT2D eigenvalue weighted by atomic mass is 10.1. The Morgan fingerprint density at radius 1 is 1.26 bits per heavy atom. The van der Waals surface area contributed by atoms with Crippen LogP contribution in [0.4, 0.5) is 0 Å².